The lowest BCUT2D eigenvalue weighted by Gasteiger charge is -2.03. The number of hydrogen-bond donors (Lipinski definition) is 1. The molecule has 15 heavy (non-hydrogen) atoms. The topological polar surface area (TPSA) is 42.2 Å². The van der Waals surface area contributed by atoms with Gasteiger partial charge in [-0.2, -0.15) is 0 Å². The average Bonchev–Trinajstić information content (AvgIpc) is 2.62. The first-order valence-electron chi connectivity index (χ1n) is 4.48. The molecule has 0 bridgehead atoms. The fraction of sp³-hybridized carbons (Fsp3) is 0.0833. The number of aromatic carboxylic acids is 1. The van der Waals surface area contributed by atoms with Crippen molar-refractivity contribution in [1.82, 2.24) is 4.57 Å². The second kappa shape index (κ2) is 3.50. The van der Waals surface area contributed by atoms with Crippen LogP contribution >= 0.6 is 0 Å². The van der Waals surface area contributed by atoms with Gasteiger partial charge in [0.25, 0.3) is 0 Å². The summed E-state index contributed by atoms with van der Waals surface area (Å²) in [6.07, 6.45) is 7.02. The van der Waals surface area contributed by atoms with E-state index in [0.717, 1.165) is 5.39 Å². The van der Waals surface area contributed by atoms with Crippen LogP contribution in [0.2, 0.25) is 0 Å². The standard InChI is InChI=1S/C12H9NO2/c1-2-7-13-8-6-9-4-3-5-10(11(9)13)12(14)15/h1,3-6,8H,7H2,(H,14,15). The van der Waals surface area contributed by atoms with Crippen LogP contribution in [-0.2, 0) is 6.54 Å². The fourth-order valence-corrected chi connectivity index (χ4v) is 1.66. The Morgan fingerprint density at radius 3 is 2.93 bits per heavy atom. The molecule has 74 valence electrons. The number of aromatic nitrogens is 1. The largest absolute Gasteiger partial charge is 0.478 e. The van der Waals surface area contributed by atoms with Gasteiger partial charge < -0.3 is 9.67 Å². The quantitative estimate of drug-likeness (QED) is 0.751. The number of carboxylic acids is 1. The van der Waals surface area contributed by atoms with Crippen LogP contribution < -0.4 is 0 Å². The number of nitrogens with zero attached hydrogens (tertiary/aromatic N) is 1. The van der Waals surface area contributed by atoms with Crippen molar-refractivity contribution in [1.29, 1.82) is 0 Å². The van der Waals surface area contributed by atoms with Gasteiger partial charge in [0.05, 0.1) is 17.6 Å². The van der Waals surface area contributed by atoms with E-state index in [0.29, 0.717) is 12.1 Å². The predicted octanol–water partition coefficient (Wildman–Crippen LogP) is 1.97. The summed E-state index contributed by atoms with van der Waals surface area (Å²) in [4.78, 5) is 11.0. The number of carbonyl (C=O) groups is 1. The lowest BCUT2D eigenvalue weighted by molar-refractivity contribution is 0.0698. The first-order chi connectivity index (χ1) is 7.24. The maximum Gasteiger partial charge on any atom is 0.337 e. The normalized spacial score (nSPS) is 10.1. The van der Waals surface area contributed by atoms with Crippen molar-refractivity contribution in [2.45, 2.75) is 6.54 Å². The van der Waals surface area contributed by atoms with Gasteiger partial charge in [-0.25, -0.2) is 4.79 Å². The van der Waals surface area contributed by atoms with Crippen molar-refractivity contribution in [3.05, 3.63) is 36.0 Å². The minimum absolute atomic E-state index is 0.285. The second-order valence-corrected chi connectivity index (χ2v) is 3.20. The molecule has 0 fully saturated rings. The molecule has 1 N–H and O–H groups in total. The number of fused-ring (bicyclic) bond motifs is 1. The molecule has 3 heteroatoms. The second-order valence-electron chi connectivity index (χ2n) is 3.20. The Bertz CT molecular complexity index is 560. The van der Waals surface area contributed by atoms with E-state index in [2.05, 4.69) is 5.92 Å². The van der Waals surface area contributed by atoms with Crippen LogP contribution in [0.3, 0.4) is 0 Å². The summed E-state index contributed by atoms with van der Waals surface area (Å²) in [7, 11) is 0. The zero-order chi connectivity index (χ0) is 10.8. The summed E-state index contributed by atoms with van der Waals surface area (Å²) >= 11 is 0. The van der Waals surface area contributed by atoms with Gasteiger partial charge in [-0.3, -0.25) is 0 Å². The van der Waals surface area contributed by atoms with Crippen LogP contribution in [0.5, 0.6) is 0 Å². The predicted molar refractivity (Wildman–Crippen MR) is 57.7 cm³/mol. The van der Waals surface area contributed by atoms with E-state index in [1.165, 1.54) is 0 Å². The van der Waals surface area contributed by atoms with E-state index >= 15 is 0 Å². The summed E-state index contributed by atoms with van der Waals surface area (Å²) in [5, 5.41) is 9.92. The smallest absolute Gasteiger partial charge is 0.337 e. The van der Waals surface area contributed by atoms with Crippen molar-refractivity contribution >= 4 is 16.9 Å². The maximum absolute atomic E-state index is 11.0. The van der Waals surface area contributed by atoms with Crippen LogP contribution in [0.4, 0.5) is 0 Å². The van der Waals surface area contributed by atoms with Crippen LogP contribution in [-0.4, -0.2) is 15.6 Å². The molecule has 1 aromatic carbocycles. The highest BCUT2D eigenvalue weighted by molar-refractivity contribution is 6.02. The molecule has 0 aliphatic carbocycles. The Labute approximate surface area is 86.9 Å². The van der Waals surface area contributed by atoms with E-state index in [1.54, 1.807) is 22.9 Å². The molecule has 1 aromatic heterocycles. The molecule has 1 heterocycles. The SMILES string of the molecule is C#CCn1ccc2cccc(C(=O)O)c21. The molecule has 0 amide bonds. The molecular weight excluding hydrogens is 190 g/mol. The Morgan fingerprint density at radius 2 is 2.27 bits per heavy atom. The molecule has 0 aliphatic heterocycles. The molecule has 0 aliphatic rings. The van der Waals surface area contributed by atoms with Crippen molar-refractivity contribution in [3.8, 4) is 12.3 Å². The van der Waals surface area contributed by atoms with Crippen molar-refractivity contribution in [2.75, 3.05) is 0 Å². The lowest BCUT2D eigenvalue weighted by atomic mass is 10.1. The zero-order valence-electron chi connectivity index (χ0n) is 7.97. The van der Waals surface area contributed by atoms with E-state index in [4.69, 9.17) is 11.5 Å². The molecule has 2 rings (SSSR count). The Hall–Kier alpha value is -2.21. The number of benzene rings is 1. The van der Waals surface area contributed by atoms with Gasteiger partial charge in [-0.15, -0.1) is 6.42 Å². The van der Waals surface area contributed by atoms with Crippen molar-refractivity contribution in [2.24, 2.45) is 0 Å². The number of rotatable bonds is 2. The third-order valence-electron chi connectivity index (χ3n) is 2.28. The highest BCUT2D eigenvalue weighted by Crippen LogP contribution is 2.20. The zero-order valence-corrected chi connectivity index (χ0v) is 7.97. The summed E-state index contributed by atoms with van der Waals surface area (Å²) in [6.45, 7) is 0.383. The molecule has 3 nitrogen and oxygen atoms in total. The Morgan fingerprint density at radius 1 is 1.47 bits per heavy atom. The minimum atomic E-state index is -0.933. The van der Waals surface area contributed by atoms with E-state index in [-0.39, 0.29) is 5.56 Å². The number of carboxylic acid groups (broad SMARTS) is 1. The maximum atomic E-state index is 11.0. The van der Waals surface area contributed by atoms with Crippen LogP contribution in [0.1, 0.15) is 10.4 Å². The summed E-state index contributed by atoms with van der Waals surface area (Å²) < 4.78 is 1.76. The van der Waals surface area contributed by atoms with Gasteiger partial charge in [0.15, 0.2) is 0 Å². The molecule has 0 radical (unpaired) electrons. The summed E-state index contributed by atoms with van der Waals surface area (Å²) in [6, 6.07) is 7.04. The third-order valence-corrected chi connectivity index (χ3v) is 2.28. The van der Waals surface area contributed by atoms with Gasteiger partial charge in [-0.1, -0.05) is 18.1 Å². The molecule has 0 atom stereocenters. The fourth-order valence-electron chi connectivity index (χ4n) is 1.66. The Kier molecular flexibility index (Phi) is 2.18. The van der Waals surface area contributed by atoms with Crippen LogP contribution in [0.15, 0.2) is 30.5 Å². The molecule has 2 aromatic rings. The highest BCUT2D eigenvalue weighted by atomic mass is 16.4. The van der Waals surface area contributed by atoms with Gasteiger partial charge >= 0.3 is 5.97 Å². The van der Waals surface area contributed by atoms with E-state index in [9.17, 15) is 4.79 Å². The first-order valence-corrected chi connectivity index (χ1v) is 4.48. The molecule has 0 saturated carbocycles. The van der Waals surface area contributed by atoms with Gasteiger partial charge in [0.1, 0.15) is 0 Å². The number of para-hydroxylation sites is 1. The van der Waals surface area contributed by atoms with Crippen molar-refractivity contribution < 1.29 is 9.90 Å². The van der Waals surface area contributed by atoms with Crippen molar-refractivity contribution in [3.63, 3.8) is 0 Å². The highest BCUT2D eigenvalue weighted by Gasteiger charge is 2.11. The molecule has 0 unspecified atom stereocenters. The molecule has 0 spiro atoms. The molecule has 0 saturated heterocycles. The first kappa shape index (κ1) is 9.35. The summed E-state index contributed by atoms with van der Waals surface area (Å²) in [5.74, 6) is 1.57. The third kappa shape index (κ3) is 1.46. The van der Waals surface area contributed by atoms with E-state index < -0.39 is 5.97 Å². The Balaban J connectivity index is 2.76. The average molecular weight is 199 g/mol. The minimum Gasteiger partial charge on any atom is -0.478 e. The van der Waals surface area contributed by atoms with Crippen LogP contribution in [0.25, 0.3) is 10.9 Å². The number of terminal acetylenes is 1. The van der Waals surface area contributed by atoms with Crippen LogP contribution in [0, 0.1) is 12.3 Å². The molecular formula is C12H9NO2. The van der Waals surface area contributed by atoms with Gasteiger partial charge in [0.2, 0.25) is 0 Å². The number of hydrogen-bond acceptors (Lipinski definition) is 1. The van der Waals surface area contributed by atoms with Gasteiger partial charge in [0, 0.05) is 11.6 Å². The van der Waals surface area contributed by atoms with Gasteiger partial charge in [-0.05, 0) is 12.1 Å². The monoisotopic (exact) mass is 199 g/mol. The lowest BCUT2D eigenvalue weighted by Crippen LogP contribution is -2.02. The summed E-state index contributed by atoms with van der Waals surface area (Å²) in [5.41, 5.74) is 0.968. The van der Waals surface area contributed by atoms with E-state index in [1.807, 2.05) is 12.1 Å².